The van der Waals surface area contributed by atoms with Gasteiger partial charge < -0.3 is 15.2 Å². The Morgan fingerprint density at radius 1 is 1.42 bits per heavy atom. The van der Waals surface area contributed by atoms with Crippen LogP contribution in [0.1, 0.15) is 13.8 Å². The van der Waals surface area contributed by atoms with Crippen molar-refractivity contribution in [2.24, 2.45) is 0 Å². The lowest BCUT2D eigenvalue weighted by Crippen LogP contribution is -2.33. The fourth-order valence-corrected chi connectivity index (χ4v) is 2.09. The maximum absolute atomic E-state index is 13.3. The highest BCUT2D eigenvalue weighted by atomic mass is 19.1. The highest BCUT2D eigenvalue weighted by Crippen LogP contribution is 2.19. The number of hydrogen-bond donors (Lipinski definition) is 1. The van der Waals surface area contributed by atoms with E-state index in [0.717, 1.165) is 0 Å². The molecule has 0 aliphatic heterocycles. The van der Waals surface area contributed by atoms with Crippen LogP contribution in [0, 0.1) is 5.82 Å². The number of imidazole rings is 1. The van der Waals surface area contributed by atoms with Gasteiger partial charge in [0.15, 0.2) is 0 Å². The SMILES string of the molecule is CCN(CC)C(=O)Cn1c(N)nc2ccc(F)cc21. The first-order valence-corrected chi connectivity index (χ1v) is 6.25. The summed E-state index contributed by atoms with van der Waals surface area (Å²) in [4.78, 5) is 17.9. The van der Waals surface area contributed by atoms with E-state index in [4.69, 9.17) is 5.73 Å². The average molecular weight is 264 g/mol. The molecule has 0 unspecified atom stereocenters. The summed E-state index contributed by atoms with van der Waals surface area (Å²) in [6.07, 6.45) is 0. The molecule has 1 amide bonds. The first-order chi connectivity index (χ1) is 9.06. The second kappa shape index (κ2) is 5.26. The van der Waals surface area contributed by atoms with Gasteiger partial charge in [-0.05, 0) is 32.0 Å². The Kier molecular flexibility index (Phi) is 3.69. The molecule has 0 atom stereocenters. The van der Waals surface area contributed by atoms with E-state index in [9.17, 15) is 9.18 Å². The Balaban J connectivity index is 2.37. The van der Waals surface area contributed by atoms with E-state index in [0.29, 0.717) is 24.1 Å². The molecule has 19 heavy (non-hydrogen) atoms. The minimum atomic E-state index is -0.371. The van der Waals surface area contributed by atoms with Crippen molar-refractivity contribution in [3.63, 3.8) is 0 Å². The number of carbonyl (C=O) groups excluding carboxylic acids is 1. The lowest BCUT2D eigenvalue weighted by Gasteiger charge is -2.19. The third-order valence-corrected chi connectivity index (χ3v) is 3.15. The Morgan fingerprint density at radius 3 is 2.74 bits per heavy atom. The van der Waals surface area contributed by atoms with E-state index in [1.54, 1.807) is 15.5 Å². The number of nitrogens with two attached hydrogens (primary N) is 1. The number of hydrogen-bond acceptors (Lipinski definition) is 3. The van der Waals surface area contributed by atoms with Crippen molar-refractivity contribution in [2.75, 3.05) is 18.8 Å². The van der Waals surface area contributed by atoms with Crippen LogP contribution in [0.4, 0.5) is 10.3 Å². The number of fused-ring (bicyclic) bond motifs is 1. The topological polar surface area (TPSA) is 64.2 Å². The molecular formula is C13H17FN4O. The van der Waals surface area contributed by atoms with Gasteiger partial charge in [-0.2, -0.15) is 0 Å². The van der Waals surface area contributed by atoms with Crippen LogP contribution >= 0.6 is 0 Å². The molecule has 5 nitrogen and oxygen atoms in total. The van der Waals surface area contributed by atoms with E-state index in [2.05, 4.69) is 4.98 Å². The molecule has 2 N–H and O–H groups in total. The van der Waals surface area contributed by atoms with E-state index < -0.39 is 0 Å². The number of halogens is 1. The molecular weight excluding hydrogens is 247 g/mol. The molecule has 2 aromatic rings. The standard InChI is InChI=1S/C13H17FN4O/c1-3-17(4-2)12(19)8-18-11-7-9(14)5-6-10(11)16-13(18)15/h5-7H,3-4,8H2,1-2H3,(H2,15,16). The molecule has 0 saturated carbocycles. The molecule has 0 radical (unpaired) electrons. The average Bonchev–Trinajstić information content (AvgIpc) is 2.67. The molecule has 0 bridgehead atoms. The molecule has 102 valence electrons. The van der Waals surface area contributed by atoms with E-state index in [1.165, 1.54) is 12.1 Å². The number of likely N-dealkylation sites (N-methyl/N-ethyl adjacent to an activating group) is 1. The number of nitrogens with zero attached hydrogens (tertiary/aromatic N) is 3. The summed E-state index contributed by atoms with van der Waals surface area (Å²) in [5.74, 6) is -0.203. The molecule has 1 heterocycles. The van der Waals surface area contributed by atoms with Gasteiger partial charge in [-0.25, -0.2) is 9.37 Å². The van der Waals surface area contributed by atoms with Gasteiger partial charge in [0.25, 0.3) is 0 Å². The van der Waals surface area contributed by atoms with Gasteiger partial charge in [-0.15, -0.1) is 0 Å². The summed E-state index contributed by atoms with van der Waals surface area (Å²) >= 11 is 0. The Morgan fingerprint density at radius 2 is 2.11 bits per heavy atom. The first-order valence-electron chi connectivity index (χ1n) is 6.25. The maximum Gasteiger partial charge on any atom is 0.242 e. The third kappa shape index (κ3) is 2.52. The Bertz CT molecular complexity index is 604. The van der Waals surface area contributed by atoms with Crippen molar-refractivity contribution >= 4 is 22.9 Å². The number of carbonyl (C=O) groups is 1. The normalized spacial score (nSPS) is 10.9. The van der Waals surface area contributed by atoms with Crippen LogP contribution < -0.4 is 5.73 Å². The smallest absolute Gasteiger partial charge is 0.242 e. The number of nitrogen functional groups attached to an aromatic ring is 1. The van der Waals surface area contributed by atoms with Crippen molar-refractivity contribution in [3.05, 3.63) is 24.0 Å². The van der Waals surface area contributed by atoms with Crippen LogP contribution in [0.2, 0.25) is 0 Å². The predicted octanol–water partition coefficient (Wildman–Crippen LogP) is 1.63. The van der Waals surface area contributed by atoms with Crippen LogP contribution in [0.25, 0.3) is 11.0 Å². The summed E-state index contributed by atoms with van der Waals surface area (Å²) in [5.41, 5.74) is 6.92. The van der Waals surface area contributed by atoms with Crippen LogP contribution in [0.15, 0.2) is 18.2 Å². The van der Waals surface area contributed by atoms with E-state index in [-0.39, 0.29) is 24.2 Å². The maximum atomic E-state index is 13.3. The summed E-state index contributed by atoms with van der Waals surface area (Å²) in [5, 5.41) is 0. The first kappa shape index (κ1) is 13.3. The van der Waals surface area contributed by atoms with Gasteiger partial charge >= 0.3 is 0 Å². The molecule has 2 rings (SSSR count). The molecule has 1 aromatic carbocycles. The summed E-state index contributed by atoms with van der Waals surface area (Å²) < 4.78 is 14.8. The highest BCUT2D eigenvalue weighted by Gasteiger charge is 2.15. The second-order valence-corrected chi connectivity index (χ2v) is 4.26. The highest BCUT2D eigenvalue weighted by molar-refractivity contribution is 5.82. The number of benzene rings is 1. The summed E-state index contributed by atoms with van der Waals surface area (Å²) in [6, 6.07) is 4.22. The van der Waals surface area contributed by atoms with E-state index in [1.807, 2.05) is 13.8 Å². The van der Waals surface area contributed by atoms with Crippen molar-refractivity contribution in [1.82, 2.24) is 14.5 Å². The number of aromatic nitrogens is 2. The number of rotatable bonds is 4. The minimum Gasteiger partial charge on any atom is -0.369 e. The fraction of sp³-hybridized carbons (Fsp3) is 0.385. The number of anilines is 1. The van der Waals surface area contributed by atoms with Crippen LogP contribution in [-0.2, 0) is 11.3 Å². The zero-order valence-electron chi connectivity index (χ0n) is 11.1. The zero-order chi connectivity index (χ0) is 14.0. The number of amides is 1. The van der Waals surface area contributed by atoms with Crippen LogP contribution in [0.5, 0.6) is 0 Å². The Labute approximate surface area is 110 Å². The van der Waals surface area contributed by atoms with Crippen LogP contribution in [0.3, 0.4) is 0 Å². The predicted molar refractivity (Wildman–Crippen MR) is 72.0 cm³/mol. The summed E-state index contributed by atoms with van der Waals surface area (Å²) in [6.45, 7) is 5.17. The summed E-state index contributed by atoms with van der Waals surface area (Å²) in [7, 11) is 0. The van der Waals surface area contributed by atoms with Crippen molar-refractivity contribution < 1.29 is 9.18 Å². The van der Waals surface area contributed by atoms with Gasteiger partial charge in [-0.1, -0.05) is 0 Å². The van der Waals surface area contributed by atoms with Crippen molar-refractivity contribution in [1.29, 1.82) is 0 Å². The molecule has 0 aliphatic carbocycles. The van der Waals surface area contributed by atoms with Gasteiger partial charge in [0.1, 0.15) is 12.4 Å². The molecule has 0 saturated heterocycles. The lowest BCUT2D eigenvalue weighted by atomic mass is 10.3. The van der Waals surface area contributed by atoms with Crippen molar-refractivity contribution in [3.8, 4) is 0 Å². The molecule has 1 aromatic heterocycles. The van der Waals surface area contributed by atoms with E-state index >= 15 is 0 Å². The Hall–Kier alpha value is -2.11. The zero-order valence-corrected chi connectivity index (χ0v) is 11.1. The molecule has 0 spiro atoms. The van der Waals surface area contributed by atoms with Gasteiger partial charge in [-0.3, -0.25) is 4.79 Å². The van der Waals surface area contributed by atoms with Crippen molar-refractivity contribution in [2.45, 2.75) is 20.4 Å². The lowest BCUT2D eigenvalue weighted by molar-refractivity contribution is -0.131. The molecule has 0 fully saturated rings. The third-order valence-electron chi connectivity index (χ3n) is 3.15. The van der Waals surface area contributed by atoms with Gasteiger partial charge in [0, 0.05) is 13.1 Å². The quantitative estimate of drug-likeness (QED) is 0.912. The van der Waals surface area contributed by atoms with Crippen LogP contribution in [-0.4, -0.2) is 33.4 Å². The van der Waals surface area contributed by atoms with Gasteiger partial charge in [0.2, 0.25) is 11.9 Å². The van der Waals surface area contributed by atoms with Gasteiger partial charge in [0.05, 0.1) is 11.0 Å². The minimum absolute atomic E-state index is 0.0553. The fourth-order valence-electron chi connectivity index (χ4n) is 2.09. The monoisotopic (exact) mass is 264 g/mol. The molecule has 0 aliphatic rings. The molecule has 6 heteroatoms. The second-order valence-electron chi connectivity index (χ2n) is 4.26. The largest absolute Gasteiger partial charge is 0.369 e.